The van der Waals surface area contributed by atoms with E-state index in [1.165, 1.54) is 12.5 Å². The number of carbonyl (C=O) groups is 1. The van der Waals surface area contributed by atoms with Crippen molar-refractivity contribution in [3.8, 4) is 5.75 Å². The van der Waals surface area contributed by atoms with Gasteiger partial charge in [-0.05, 0) is 13.0 Å². The molecule has 0 fully saturated rings. The van der Waals surface area contributed by atoms with Crippen LogP contribution in [0, 0.1) is 6.92 Å². The molecule has 1 aliphatic rings. The molecule has 4 heteroatoms. The molecule has 0 bridgehead atoms. The molecule has 1 N–H and O–H groups in total. The predicted molar refractivity (Wildman–Crippen MR) is 59.1 cm³/mol. The number of ether oxygens (including phenoxy) is 2. The second-order valence-electron chi connectivity index (χ2n) is 3.92. The summed E-state index contributed by atoms with van der Waals surface area (Å²) in [5, 5.41) is 2.69. The number of aryl methyl sites for hydroxylation is 1. The maximum atomic E-state index is 10.9. The van der Waals surface area contributed by atoms with Crippen LogP contribution in [0.1, 0.15) is 18.1 Å². The van der Waals surface area contributed by atoms with Gasteiger partial charge in [0.05, 0.1) is 6.61 Å². The molecule has 86 valence electrons. The van der Waals surface area contributed by atoms with Gasteiger partial charge in [-0.2, -0.15) is 0 Å². The fraction of sp³-hybridized carbons (Fsp3) is 0.417. The Morgan fingerprint density at radius 2 is 2.31 bits per heavy atom. The number of benzene rings is 1. The quantitative estimate of drug-likeness (QED) is 0.779. The summed E-state index contributed by atoms with van der Waals surface area (Å²) in [5.41, 5.74) is 2.19. The van der Waals surface area contributed by atoms with Gasteiger partial charge < -0.3 is 14.8 Å². The number of hydrogen-bond acceptors (Lipinski definition) is 3. The van der Waals surface area contributed by atoms with Crippen LogP contribution in [0.2, 0.25) is 0 Å². The maximum absolute atomic E-state index is 10.9. The Morgan fingerprint density at radius 3 is 3.06 bits per heavy atom. The lowest BCUT2D eigenvalue weighted by Gasteiger charge is -2.14. The second-order valence-corrected chi connectivity index (χ2v) is 3.92. The van der Waals surface area contributed by atoms with E-state index in [0.29, 0.717) is 13.2 Å². The number of fused-ring (bicyclic) bond motifs is 1. The van der Waals surface area contributed by atoms with Crippen molar-refractivity contribution in [3.05, 3.63) is 29.3 Å². The average Bonchev–Trinajstić information content (AvgIpc) is 2.40. The Balaban J connectivity index is 2.09. The molecule has 16 heavy (non-hydrogen) atoms. The molecule has 0 saturated carbocycles. The Hall–Kier alpha value is -1.55. The van der Waals surface area contributed by atoms with E-state index in [1.54, 1.807) is 0 Å². The molecule has 1 heterocycles. The van der Waals surface area contributed by atoms with Crippen LogP contribution in [-0.2, 0) is 16.1 Å². The maximum Gasteiger partial charge on any atom is 0.218 e. The number of nitrogens with one attached hydrogen (secondary N) is 1. The van der Waals surface area contributed by atoms with E-state index in [0.717, 1.165) is 11.3 Å². The van der Waals surface area contributed by atoms with Crippen LogP contribution in [0.25, 0.3) is 0 Å². The Kier molecular flexibility index (Phi) is 3.10. The molecule has 1 unspecified atom stereocenters. The van der Waals surface area contributed by atoms with E-state index in [2.05, 4.69) is 5.32 Å². The van der Waals surface area contributed by atoms with Crippen LogP contribution < -0.4 is 10.1 Å². The first-order chi connectivity index (χ1) is 7.65. The second kappa shape index (κ2) is 4.53. The standard InChI is InChI=1S/C12H15NO3/c1-8-3-4-11-10(5-8)6-16-12(7-15-11)13-9(2)14/h3-5,12H,6-7H2,1-2H3,(H,13,14). The van der Waals surface area contributed by atoms with Gasteiger partial charge in [0.1, 0.15) is 12.4 Å². The van der Waals surface area contributed by atoms with Crippen molar-refractivity contribution in [1.29, 1.82) is 0 Å². The lowest BCUT2D eigenvalue weighted by Crippen LogP contribution is -2.38. The van der Waals surface area contributed by atoms with Crippen molar-refractivity contribution in [2.24, 2.45) is 0 Å². The SMILES string of the molecule is CC(=O)NC1COc2ccc(C)cc2CO1. The molecule has 0 radical (unpaired) electrons. The molecule has 1 amide bonds. The minimum absolute atomic E-state index is 0.115. The lowest BCUT2D eigenvalue weighted by molar-refractivity contribution is -0.124. The predicted octanol–water partition coefficient (Wildman–Crippen LogP) is 1.37. The van der Waals surface area contributed by atoms with E-state index in [9.17, 15) is 4.79 Å². The Bertz CT molecular complexity index is 403. The highest BCUT2D eigenvalue weighted by atomic mass is 16.6. The molecule has 0 aromatic heterocycles. The van der Waals surface area contributed by atoms with E-state index < -0.39 is 0 Å². The third kappa shape index (κ3) is 2.52. The summed E-state index contributed by atoms with van der Waals surface area (Å²) < 4.78 is 11.1. The van der Waals surface area contributed by atoms with Crippen LogP contribution in [-0.4, -0.2) is 18.7 Å². The molecule has 0 aliphatic carbocycles. The molecule has 0 saturated heterocycles. The number of hydrogen-bond donors (Lipinski definition) is 1. The Morgan fingerprint density at radius 1 is 1.50 bits per heavy atom. The van der Waals surface area contributed by atoms with Gasteiger partial charge in [0.2, 0.25) is 5.91 Å². The highest BCUT2D eigenvalue weighted by Gasteiger charge is 2.17. The highest BCUT2D eigenvalue weighted by molar-refractivity contribution is 5.73. The van der Waals surface area contributed by atoms with Crippen molar-refractivity contribution in [3.63, 3.8) is 0 Å². The summed E-state index contributed by atoms with van der Waals surface area (Å²) >= 11 is 0. The monoisotopic (exact) mass is 221 g/mol. The van der Waals surface area contributed by atoms with E-state index >= 15 is 0 Å². The molecular weight excluding hydrogens is 206 g/mol. The lowest BCUT2D eigenvalue weighted by atomic mass is 10.1. The third-order valence-electron chi connectivity index (χ3n) is 2.41. The normalized spacial score (nSPS) is 19.2. The average molecular weight is 221 g/mol. The van der Waals surface area contributed by atoms with Crippen LogP contribution in [0.5, 0.6) is 5.75 Å². The van der Waals surface area contributed by atoms with Crippen LogP contribution >= 0.6 is 0 Å². The first-order valence-electron chi connectivity index (χ1n) is 5.26. The van der Waals surface area contributed by atoms with Crippen molar-refractivity contribution >= 4 is 5.91 Å². The van der Waals surface area contributed by atoms with Crippen molar-refractivity contribution in [2.45, 2.75) is 26.7 Å². The van der Waals surface area contributed by atoms with Gasteiger partial charge in [-0.25, -0.2) is 0 Å². The zero-order valence-electron chi connectivity index (χ0n) is 9.45. The number of rotatable bonds is 1. The smallest absolute Gasteiger partial charge is 0.218 e. The minimum Gasteiger partial charge on any atom is -0.489 e. The molecule has 1 aromatic rings. The van der Waals surface area contributed by atoms with E-state index in [1.807, 2.05) is 25.1 Å². The fourth-order valence-electron chi connectivity index (χ4n) is 1.68. The summed E-state index contributed by atoms with van der Waals surface area (Å²) in [6.07, 6.45) is -0.370. The van der Waals surface area contributed by atoms with Crippen LogP contribution in [0.4, 0.5) is 0 Å². The molecule has 0 spiro atoms. The summed E-state index contributed by atoms with van der Waals surface area (Å²) in [5.74, 6) is 0.717. The zero-order valence-corrected chi connectivity index (χ0v) is 9.45. The van der Waals surface area contributed by atoms with Crippen LogP contribution in [0.15, 0.2) is 18.2 Å². The van der Waals surface area contributed by atoms with Gasteiger partial charge in [0.25, 0.3) is 0 Å². The largest absolute Gasteiger partial charge is 0.489 e. The first kappa shape index (κ1) is 11.0. The first-order valence-corrected chi connectivity index (χ1v) is 5.26. The summed E-state index contributed by atoms with van der Waals surface area (Å²) in [4.78, 5) is 10.9. The molecule has 2 rings (SSSR count). The van der Waals surface area contributed by atoms with E-state index in [-0.39, 0.29) is 12.1 Å². The van der Waals surface area contributed by atoms with Gasteiger partial charge >= 0.3 is 0 Å². The van der Waals surface area contributed by atoms with Crippen molar-refractivity contribution in [1.82, 2.24) is 5.32 Å². The van der Waals surface area contributed by atoms with Gasteiger partial charge in [0, 0.05) is 12.5 Å². The molecule has 1 aromatic carbocycles. The fourth-order valence-corrected chi connectivity index (χ4v) is 1.68. The summed E-state index contributed by atoms with van der Waals surface area (Å²) in [6.45, 7) is 4.29. The minimum atomic E-state index is -0.370. The van der Waals surface area contributed by atoms with Gasteiger partial charge in [-0.3, -0.25) is 4.79 Å². The summed E-state index contributed by atoms with van der Waals surface area (Å²) in [7, 11) is 0. The van der Waals surface area contributed by atoms with Gasteiger partial charge in [0.15, 0.2) is 6.23 Å². The van der Waals surface area contributed by atoms with Crippen molar-refractivity contribution < 1.29 is 14.3 Å². The number of amides is 1. The van der Waals surface area contributed by atoms with Crippen LogP contribution in [0.3, 0.4) is 0 Å². The molecule has 1 aliphatic heterocycles. The molecular formula is C12H15NO3. The number of carbonyl (C=O) groups excluding carboxylic acids is 1. The highest BCUT2D eigenvalue weighted by Crippen LogP contribution is 2.23. The summed E-state index contributed by atoms with van der Waals surface area (Å²) in [6, 6.07) is 5.97. The molecule has 1 atom stereocenters. The van der Waals surface area contributed by atoms with E-state index in [4.69, 9.17) is 9.47 Å². The topological polar surface area (TPSA) is 47.6 Å². The third-order valence-corrected chi connectivity index (χ3v) is 2.41. The van der Waals surface area contributed by atoms with Crippen molar-refractivity contribution in [2.75, 3.05) is 6.61 Å². The zero-order chi connectivity index (χ0) is 11.5. The van der Waals surface area contributed by atoms with Gasteiger partial charge in [-0.1, -0.05) is 17.7 Å². The molecule has 4 nitrogen and oxygen atoms in total. The Labute approximate surface area is 94.6 Å². The van der Waals surface area contributed by atoms with Gasteiger partial charge in [-0.15, -0.1) is 0 Å².